The van der Waals surface area contributed by atoms with E-state index in [0.717, 1.165) is 5.56 Å². The van der Waals surface area contributed by atoms with Gasteiger partial charge in [0.15, 0.2) is 11.5 Å². The lowest BCUT2D eigenvalue weighted by Crippen LogP contribution is -2.27. The fourth-order valence-electron chi connectivity index (χ4n) is 2.46. The van der Waals surface area contributed by atoms with E-state index in [1.165, 1.54) is 18.2 Å². The molecule has 0 bridgehead atoms. The quantitative estimate of drug-likeness (QED) is 0.577. The van der Waals surface area contributed by atoms with E-state index in [1.807, 2.05) is 26.8 Å². The van der Waals surface area contributed by atoms with Crippen molar-refractivity contribution in [3.63, 3.8) is 0 Å². The average molecular weight is 387 g/mol. The first-order valence-corrected chi connectivity index (χ1v) is 8.62. The molecule has 9 nitrogen and oxygen atoms in total. The van der Waals surface area contributed by atoms with Crippen LogP contribution in [-0.2, 0) is 11.4 Å². The van der Waals surface area contributed by atoms with Gasteiger partial charge in [0, 0.05) is 18.7 Å². The number of hydrogen-bond donors (Lipinski definition) is 2. The van der Waals surface area contributed by atoms with Gasteiger partial charge in [0.05, 0.1) is 21.8 Å². The van der Waals surface area contributed by atoms with Crippen LogP contribution >= 0.6 is 0 Å². The molecular formula is C19H21N3O6. The van der Waals surface area contributed by atoms with Crippen LogP contribution in [0.15, 0.2) is 36.4 Å². The standard InChI is InChI=1S/C19H21N3O6/c1-19(2,3)28-21-15-6-5-13(22(24)25)9-14(15)18(23)20-10-12-4-7-16-17(8-12)27-11-26-16/h4-9,21H,10-11H2,1-3H3,(H,20,23). The second kappa shape index (κ2) is 7.73. The van der Waals surface area contributed by atoms with Crippen LogP contribution in [-0.4, -0.2) is 23.2 Å². The molecule has 0 aliphatic carbocycles. The summed E-state index contributed by atoms with van der Waals surface area (Å²) < 4.78 is 10.6. The lowest BCUT2D eigenvalue weighted by atomic mass is 10.1. The minimum Gasteiger partial charge on any atom is -0.454 e. The zero-order chi connectivity index (χ0) is 20.3. The van der Waals surface area contributed by atoms with Gasteiger partial charge in [0.25, 0.3) is 11.6 Å². The third-order valence-electron chi connectivity index (χ3n) is 3.82. The number of carbonyl (C=O) groups is 1. The van der Waals surface area contributed by atoms with Gasteiger partial charge in [-0.25, -0.2) is 0 Å². The van der Waals surface area contributed by atoms with Crippen molar-refractivity contribution in [3.8, 4) is 11.5 Å². The normalized spacial score (nSPS) is 12.5. The number of non-ortho nitro benzene ring substituents is 1. The van der Waals surface area contributed by atoms with E-state index >= 15 is 0 Å². The van der Waals surface area contributed by atoms with E-state index in [4.69, 9.17) is 14.3 Å². The Hall–Kier alpha value is -3.33. The fourth-order valence-corrected chi connectivity index (χ4v) is 2.46. The second-order valence-electron chi connectivity index (χ2n) is 7.17. The molecule has 2 aromatic rings. The van der Waals surface area contributed by atoms with Gasteiger partial charge in [-0.15, -0.1) is 0 Å². The molecule has 0 unspecified atom stereocenters. The molecule has 1 heterocycles. The number of amides is 1. The Balaban J connectivity index is 1.76. The SMILES string of the molecule is CC(C)(C)ONc1ccc([N+](=O)[O-])cc1C(=O)NCc1ccc2c(c1)OCO2. The lowest BCUT2D eigenvalue weighted by molar-refractivity contribution is -0.384. The molecule has 3 rings (SSSR count). The van der Waals surface area contributed by atoms with E-state index < -0.39 is 16.4 Å². The number of nitro benzene ring substituents is 1. The molecule has 0 radical (unpaired) electrons. The Labute approximate surface area is 161 Å². The zero-order valence-electron chi connectivity index (χ0n) is 15.8. The number of nitrogens with one attached hydrogen (secondary N) is 2. The summed E-state index contributed by atoms with van der Waals surface area (Å²) in [6, 6.07) is 9.31. The highest BCUT2D eigenvalue weighted by atomic mass is 16.7. The fraction of sp³-hybridized carbons (Fsp3) is 0.316. The maximum atomic E-state index is 12.7. The first-order valence-electron chi connectivity index (χ1n) is 8.62. The summed E-state index contributed by atoms with van der Waals surface area (Å²) in [5.41, 5.74) is 3.27. The van der Waals surface area contributed by atoms with Gasteiger partial charge in [-0.05, 0) is 44.5 Å². The number of benzene rings is 2. The third kappa shape index (κ3) is 4.68. The Kier molecular flexibility index (Phi) is 5.36. The smallest absolute Gasteiger partial charge is 0.270 e. The summed E-state index contributed by atoms with van der Waals surface area (Å²) in [7, 11) is 0. The molecule has 148 valence electrons. The molecule has 0 saturated carbocycles. The number of ether oxygens (including phenoxy) is 2. The second-order valence-corrected chi connectivity index (χ2v) is 7.17. The number of carbonyl (C=O) groups excluding carboxylic acids is 1. The topological polar surface area (TPSA) is 112 Å². The van der Waals surface area contributed by atoms with E-state index in [-0.39, 0.29) is 24.6 Å². The first-order chi connectivity index (χ1) is 13.2. The van der Waals surface area contributed by atoms with Crippen LogP contribution in [0.4, 0.5) is 11.4 Å². The zero-order valence-corrected chi connectivity index (χ0v) is 15.8. The van der Waals surface area contributed by atoms with Crippen molar-refractivity contribution < 1.29 is 24.0 Å². The van der Waals surface area contributed by atoms with Crippen LogP contribution < -0.4 is 20.3 Å². The molecule has 1 aliphatic rings. The Bertz CT molecular complexity index is 907. The minimum absolute atomic E-state index is 0.110. The van der Waals surface area contributed by atoms with Crippen LogP contribution in [0.5, 0.6) is 11.5 Å². The van der Waals surface area contributed by atoms with E-state index in [9.17, 15) is 14.9 Å². The molecule has 1 amide bonds. The van der Waals surface area contributed by atoms with Crippen LogP contribution in [0.2, 0.25) is 0 Å². The van der Waals surface area contributed by atoms with E-state index in [1.54, 1.807) is 12.1 Å². The molecule has 1 aliphatic heterocycles. The van der Waals surface area contributed by atoms with Gasteiger partial charge in [0.1, 0.15) is 0 Å². The highest BCUT2D eigenvalue weighted by Gasteiger charge is 2.19. The predicted molar refractivity (Wildman–Crippen MR) is 101 cm³/mol. The average Bonchev–Trinajstić information content (AvgIpc) is 3.11. The monoisotopic (exact) mass is 387 g/mol. The molecule has 2 aromatic carbocycles. The highest BCUT2D eigenvalue weighted by Crippen LogP contribution is 2.32. The molecular weight excluding hydrogens is 366 g/mol. The molecule has 0 aromatic heterocycles. The first kappa shape index (κ1) is 19.4. The molecule has 9 heteroatoms. The molecule has 0 spiro atoms. The summed E-state index contributed by atoms with van der Waals surface area (Å²) in [6.07, 6.45) is 0. The van der Waals surface area contributed by atoms with Crippen molar-refractivity contribution in [2.24, 2.45) is 0 Å². The number of fused-ring (bicyclic) bond motifs is 1. The summed E-state index contributed by atoms with van der Waals surface area (Å²) in [5.74, 6) is 0.795. The third-order valence-corrected chi connectivity index (χ3v) is 3.82. The van der Waals surface area contributed by atoms with Crippen LogP contribution in [0.25, 0.3) is 0 Å². The summed E-state index contributed by atoms with van der Waals surface area (Å²) in [5, 5.41) is 13.8. The van der Waals surface area contributed by atoms with Crippen molar-refractivity contribution in [1.82, 2.24) is 5.32 Å². The van der Waals surface area contributed by atoms with Gasteiger partial charge < -0.3 is 14.8 Å². The van der Waals surface area contributed by atoms with Crippen molar-refractivity contribution in [1.29, 1.82) is 0 Å². The largest absolute Gasteiger partial charge is 0.454 e. The van der Waals surface area contributed by atoms with Gasteiger partial charge >= 0.3 is 0 Å². The Morgan fingerprint density at radius 1 is 1.18 bits per heavy atom. The number of nitrogens with zero attached hydrogens (tertiary/aromatic N) is 1. The van der Waals surface area contributed by atoms with Gasteiger partial charge in [0.2, 0.25) is 6.79 Å². The number of hydrogen-bond acceptors (Lipinski definition) is 7. The van der Waals surface area contributed by atoms with Crippen molar-refractivity contribution in [2.75, 3.05) is 12.3 Å². The molecule has 28 heavy (non-hydrogen) atoms. The van der Waals surface area contributed by atoms with Crippen molar-refractivity contribution in [2.45, 2.75) is 32.9 Å². The number of anilines is 1. The maximum absolute atomic E-state index is 12.7. The van der Waals surface area contributed by atoms with Gasteiger partial charge in [-0.1, -0.05) is 6.07 Å². The van der Waals surface area contributed by atoms with E-state index in [0.29, 0.717) is 17.2 Å². The van der Waals surface area contributed by atoms with Crippen molar-refractivity contribution in [3.05, 3.63) is 57.6 Å². The van der Waals surface area contributed by atoms with Crippen molar-refractivity contribution >= 4 is 17.3 Å². The summed E-state index contributed by atoms with van der Waals surface area (Å²) >= 11 is 0. The molecule has 2 N–H and O–H groups in total. The highest BCUT2D eigenvalue weighted by molar-refractivity contribution is 6.00. The maximum Gasteiger partial charge on any atom is 0.270 e. The summed E-state index contributed by atoms with van der Waals surface area (Å²) in [6.45, 7) is 5.90. The number of nitro groups is 1. The minimum atomic E-state index is -0.553. The lowest BCUT2D eigenvalue weighted by Gasteiger charge is -2.21. The Morgan fingerprint density at radius 3 is 2.64 bits per heavy atom. The molecule has 0 atom stereocenters. The van der Waals surface area contributed by atoms with Gasteiger partial charge in [-0.2, -0.15) is 0 Å². The Morgan fingerprint density at radius 2 is 1.93 bits per heavy atom. The van der Waals surface area contributed by atoms with Gasteiger partial charge in [-0.3, -0.25) is 25.2 Å². The van der Waals surface area contributed by atoms with Crippen LogP contribution in [0, 0.1) is 10.1 Å². The predicted octanol–water partition coefficient (Wildman–Crippen LogP) is 3.40. The van der Waals surface area contributed by atoms with Crippen LogP contribution in [0.3, 0.4) is 0 Å². The molecule has 0 fully saturated rings. The van der Waals surface area contributed by atoms with Crippen LogP contribution in [0.1, 0.15) is 36.7 Å². The van der Waals surface area contributed by atoms with E-state index in [2.05, 4.69) is 10.8 Å². The number of rotatable bonds is 6. The molecule has 0 saturated heterocycles. The summed E-state index contributed by atoms with van der Waals surface area (Å²) in [4.78, 5) is 28.7.